The van der Waals surface area contributed by atoms with Gasteiger partial charge in [0, 0.05) is 0 Å². The minimum atomic E-state index is -0.220. The number of hydrogen-bond donors (Lipinski definition) is 2. The third kappa shape index (κ3) is 5.16. The molecule has 0 aliphatic carbocycles. The lowest BCUT2D eigenvalue weighted by Crippen LogP contribution is -2.24. The lowest BCUT2D eigenvalue weighted by molar-refractivity contribution is -0.118. The highest BCUT2D eigenvalue weighted by molar-refractivity contribution is 7.99. The van der Waals surface area contributed by atoms with Crippen molar-refractivity contribution in [3.8, 4) is 0 Å². The third-order valence-corrected chi connectivity index (χ3v) is 4.81. The normalized spacial score (nSPS) is 10.4. The van der Waals surface area contributed by atoms with Crippen LogP contribution in [0.15, 0.2) is 57.5 Å². The van der Waals surface area contributed by atoms with Crippen LogP contribution < -0.4 is 10.6 Å². The zero-order chi connectivity index (χ0) is 17.5. The van der Waals surface area contributed by atoms with Crippen LogP contribution in [-0.2, 0) is 11.3 Å². The molecule has 3 aromatic rings. The van der Waals surface area contributed by atoms with E-state index in [1.54, 1.807) is 36.6 Å². The number of aromatic nitrogens is 2. The number of thioether (sulfide) groups is 1. The monoisotopic (exact) mass is 374 g/mol. The molecule has 2 amide bonds. The van der Waals surface area contributed by atoms with Gasteiger partial charge in [-0.25, -0.2) is 0 Å². The number of furan rings is 1. The summed E-state index contributed by atoms with van der Waals surface area (Å²) in [6.45, 7) is 0.353. The minimum absolute atomic E-state index is 0.127. The van der Waals surface area contributed by atoms with Gasteiger partial charge in [-0.3, -0.25) is 9.59 Å². The van der Waals surface area contributed by atoms with Crippen LogP contribution in [0.1, 0.15) is 15.4 Å². The molecular weight excluding hydrogens is 360 g/mol. The molecule has 0 aliphatic heterocycles. The van der Waals surface area contributed by atoms with E-state index in [-0.39, 0.29) is 17.6 Å². The molecule has 0 unspecified atom stereocenters. The van der Waals surface area contributed by atoms with E-state index in [2.05, 4.69) is 20.8 Å². The van der Waals surface area contributed by atoms with Gasteiger partial charge in [-0.2, -0.15) is 0 Å². The average Bonchev–Trinajstić information content (AvgIpc) is 3.33. The van der Waals surface area contributed by atoms with Crippen molar-refractivity contribution in [3.05, 3.63) is 58.7 Å². The first-order chi connectivity index (χ1) is 12.2. The summed E-state index contributed by atoms with van der Waals surface area (Å²) in [5, 5.41) is 15.8. The molecule has 128 valence electrons. The smallest absolute Gasteiger partial charge is 0.266 e. The van der Waals surface area contributed by atoms with Gasteiger partial charge in [0.1, 0.15) is 10.8 Å². The Morgan fingerprint density at radius 1 is 1.16 bits per heavy atom. The van der Waals surface area contributed by atoms with Crippen LogP contribution in [-0.4, -0.2) is 27.8 Å². The van der Waals surface area contributed by atoms with Gasteiger partial charge in [0.2, 0.25) is 5.91 Å². The van der Waals surface area contributed by atoms with Gasteiger partial charge in [-0.1, -0.05) is 17.8 Å². The Morgan fingerprint density at radius 2 is 2.08 bits per heavy atom. The Morgan fingerprint density at radius 3 is 2.76 bits per heavy atom. The first-order valence-electron chi connectivity index (χ1n) is 7.31. The summed E-state index contributed by atoms with van der Waals surface area (Å²) >= 11 is 2.62. The average molecular weight is 374 g/mol. The fourth-order valence-electron chi connectivity index (χ4n) is 1.84. The molecule has 0 spiro atoms. The number of hydrogen-bond acceptors (Lipinski definition) is 7. The van der Waals surface area contributed by atoms with Gasteiger partial charge >= 0.3 is 0 Å². The molecule has 25 heavy (non-hydrogen) atoms. The fraction of sp³-hybridized carbons (Fsp3) is 0.125. The zero-order valence-electron chi connectivity index (χ0n) is 13.0. The number of amides is 2. The summed E-state index contributed by atoms with van der Waals surface area (Å²) in [7, 11) is 0. The second-order valence-corrected chi connectivity index (χ2v) is 6.78. The number of thiophene rings is 1. The van der Waals surface area contributed by atoms with E-state index in [0.717, 1.165) is 0 Å². The lowest BCUT2D eigenvalue weighted by atomic mass is 10.4. The van der Waals surface area contributed by atoms with Gasteiger partial charge in [-0.15, -0.1) is 21.5 Å². The summed E-state index contributed by atoms with van der Waals surface area (Å²) in [4.78, 5) is 24.3. The maximum atomic E-state index is 11.9. The van der Waals surface area contributed by atoms with Crippen LogP contribution >= 0.6 is 23.1 Å². The van der Waals surface area contributed by atoms with Crippen LogP contribution in [0.2, 0.25) is 0 Å². The molecule has 9 heteroatoms. The maximum absolute atomic E-state index is 11.9. The largest absolute Gasteiger partial charge is 0.467 e. The third-order valence-electron chi connectivity index (χ3n) is 3.02. The van der Waals surface area contributed by atoms with E-state index in [9.17, 15) is 9.59 Å². The van der Waals surface area contributed by atoms with Crippen molar-refractivity contribution >= 4 is 40.7 Å². The molecule has 3 aromatic heterocycles. The second-order valence-electron chi connectivity index (χ2n) is 4.83. The van der Waals surface area contributed by atoms with Crippen molar-refractivity contribution in [2.45, 2.75) is 11.6 Å². The first-order valence-corrected chi connectivity index (χ1v) is 9.18. The molecule has 0 fully saturated rings. The Balaban J connectivity index is 1.44. The molecule has 3 heterocycles. The number of nitrogens with zero attached hydrogens (tertiary/aromatic N) is 2. The summed E-state index contributed by atoms with van der Waals surface area (Å²) in [6, 6.07) is 10.5. The van der Waals surface area contributed by atoms with E-state index in [1.165, 1.54) is 23.1 Å². The predicted octanol–water partition coefficient (Wildman–Crippen LogP) is 2.79. The van der Waals surface area contributed by atoms with Gasteiger partial charge in [0.05, 0.1) is 23.4 Å². The fourth-order valence-corrected chi connectivity index (χ4v) is 3.10. The SMILES string of the molecule is O=C(CSc1ccc(NC(=O)c2cccs2)nn1)NCc1ccco1. The Bertz CT molecular complexity index is 818. The molecule has 0 bridgehead atoms. The van der Waals surface area contributed by atoms with Crippen molar-refractivity contribution in [1.29, 1.82) is 0 Å². The number of carbonyl (C=O) groups excluding carboxylic acids is 2. The Labute approximate surface area is 151 Å². The molecule has 7 nitrogen and oxygen atoms in total. The number of carbonyl (C=O) groups is 2. The van der Waals surface area contributed by atoms with Crippen molar-refractivity contribution in [2.75, 3.05) is 11.1 Å². The van der Waals surface area contributed by atoms with Crippen molar-refractivity contribution in [1.82, 2.24) is 15.5 Å². The topological polar surface area (TPSA) is 97.1 Å². The molecule has 0 saturated heterocycles. The quantitative estimate of drug-likeness (QED) is 0.617. The molecule has 0 atom stereocenters. The molecule has 2 N–H and O–H groups in total. The van der Waals surface area contributed by atoms with Crippen molar-refractivity contribution < 1.29 is 14.0 Å². The number of nitrogens with one attached hydrogen (secondary N) is 2. The summed E-state index contributed by atoms with van der Waals surface area (Å²) in [5.74, 6) is 0.935. The van der Waals surface area contributed by atoms with Gasteiger partial charge < -0.3 is 15.1 Å². The van der Waals surface area contributed by atoms with Crippen LogP contribution in [0.5, 0.6) is 0 Å². The van der Waals surface area contributed by atoms with E-state index in [1.807, 2.05) is 11.4 Å². The Kier molecular flexibility index (Phi) is 5.81. The molecular formula is C16H14N4O3S2. The maximum Gasteiger partial charge on any atom is 0.266 e. The van der Waals surface area contributed by atoms with E-state index in [4.69, 9.17) is 4.42 Å². The first kappa shape index (κ1) is 17.2. The summed E-state index contributed by atoms with van der Waals surface area (Å²) in [5.41, 5.74) is 0. The highest BCUT2D eigenvalue weighted by Crippen LogP contribution is 2.16. The number of rotatable bonds is 7. The summed E-state index contributed by atoms with van der Waals surface area (Å²) in [6.07, 6.45) is 1.56. The summed E-state index contributed by atoms with van der Waals surface area (Å²) < 4.78 is 5.14. The second kappa shape index (κ2) is 8.45. The highest BCUT2D eigenvalue weighted by Gasteiger charge is 2.09. The van der Waals surface area contributed by atoms with Gasteiger partial charge in [0.25, 0.3) is 5.91 Å². The molecule has 0 aromatic carbocycles. The minimum Gasteiger partial charge on any atom is -0.467 e. The number of anilines is 1. The van der Waals surface area contributed by atoms with Crippen LogP contribution in [0, 0.1) is 0 Å². The van der Waals surface area contributed by atoms with E-state index in [0.29, 0.717) is 28.0 Å². The van der Waals surface area contributed by atoms with E-state index >= 15 is 0 Å². The van der Waals surface area contributed by atoms with Gasteiger partial charge in [0.15, 0.2) is 5.82 Å². The molecule has 0 saturated carbocycles. The molecule has 0 aliphatic rings. The highest BCUT2D eigenvalue weighted by atomic mass is 32.2. The standard InChI is InChI=1S/C16H14N4O3S2/c21-14(17-9-11-3-1-7-23-11)10-25-15-6-5-13(19-20-15)18-16(22)12-4-2-8-24-12/h1-8H,9-10H2,(H,17,21)(H,18,19,22). The zero-order valence-corrected chi connectivity index (χ0v) is 14.6. The Hall–Kier alpha value is -2.65. The van der Waals surface area contributed by atoms with Crippen molar-refractivity contribution in [2.24, 2.45) is 0 Å². The molecule has 3 rings (SSSR count). The van der Waals surface area contributed by atoms with Crippen LogP contribution in [0.3, 0.4) is 0 Å². The predicted molar refractivity (Wildman–Crippen MR) is 95.6 cm³/mol. The van der Waals surface area contributed by atoms with Crippen LogP contribution in [0.25, 0.3) is 0 Å². The van der Waals surface area contributed by atoms with Gasteiger partial charge in [-0.05, 0) is 35.7 Å². The van der Waals surface area contributed by atoms with E-state index < -0.39 is 0 Å². The van der Waals surface area contributed by atoms with Crippen LogP contribution in [0.4, 0.5) is 5.82 Å². The van der Waals surface area contributed by atoms with Crippen molar-refractivity contribution in [3.63, 3.8) is 0 Å². The lowest BCUT2D eigenvalue weighted by Gasteiger charge is -2.04. The molecule has 0 radical (unpaired) electrons.